The van der Waals surface area contributed by atoms with Gasteiger partial charge in [-0.2, -0.15) is 0 Å². The topological polar surface area (TPSA) is 59.2 Å². The Morgan fingerprint density at radius 2 is 1.89 bits per heavy atom. The van der Waals surface area contributed by atoms with Crippen LogP contribution < -0.4 is 5.73 Å². The summed E-state index contributed by atoms with van der Waals surface area (Å²) >= 11 is 0. The van der Waals surface area contributed by atoms with E-state index in [1.165, 1.54) is 0 Å². The second kappa shape index (κ2) is 4.97. The van der Waals surface area contributed by atoms with E-state index in [0.717, 1.165) is 36.8 Å². The Bertz CT molecular complexity index is 603. The van der Waals surface area contributed by atoms with Crippen LogP contribution in [0.25, 0.3) is 10.9 Å². The predicted octanol–water partition coefficient (Wildman–Crippen LogP) is 1.80. The molecule has 3 rings (SSSR count). The van der Waals surface area contributed by atoms with Crippen LogP contribution in [-0.2, 0) is 0 Å². The molecule has 1 aliphatic rings. The van der Waals surface area contributed by atoms with E-state index < -0.39 is 0 Å². The van der Waals surface area contributed by atoms with Gasteiger partial charge < -0.3 is 10.6 Å². The van der Waals surface area contributed by atoms with Crippen molar-refractivity contribution < 1.29 is 4.79 Å². The lowest BCUT2D eigenvalue weighted by atomic mass is 10.1. The summed E-state index contributed by atoms with van der Waals surface area (Å²) in [6.45, 7) is 1.46. The van der Waals surface area contributed by atoms with Gasteiger partial charge >= 0.3 is 0 Å². The van der Waals surface area contributed by atoms with Gasteiger partial charge in [-0.15, -0.1) is 0 Å². The lowest BCUT2D eigenvalue weighted by Gasteiger charge is -2.29. The summed E-state index contributed by atoms with van der Waals surface area (Å²) in [6, 6.07) is 11.8. The normalized spacial score (nSPS) is 16.8. The molecule has 0 saturated carbocycles. The summed E-state index contributed by atoms with van der Waals surface area (Å²) in [7, 11) is 0. The third kappa shape index (κ3) is 2.44. The SMILES string of the molecule is NC1CCN(C(=O)c2ccc3ccccc3n2)CC1. The third-order valence-electron chi connectivity index (χ3n) is 3.64. The molecule has 0 spiro atoms. The number of fused-ring (bicyclic) bond motifs is 1. The monoisotopic (exact) mass is 255 g/mol. The number of hydrogen-bond acceptors (Lipinski definition) is 3. The number of rotatable bonds is 1. The first-order valence-electron chi connectivity index (χ1n) is 6.65. The van der Waals surface area contributed by atoms with Gasteiger partial charge in [-0.05, 0) is 25.0 Å². The van der Waals surface area contributed by atoms with Crippen LogP contribution in [0, 0.1) is 0 Å². The van der Waals surface area contributed by atoms with Crippen molar-refractivity contribution in [3.63, 3.8) is 0 Å². The van der Waals surface area contributed by atoms with E-state index in [4.69, 9.17) is 5.73 Å². The first kappa shape index (κ1) is 12.1. The van der Waals surface area contributed by atoms with E-state index in [-0.39, 0.29) is 11.9 Å². The Balaban J connectivity index is 1.85. The molecule has 0 bridgehead atoms. The largest absolute Gasteiger partial charge is 0.337 e. The third-order valence-corrected chi connectivity index (χ3v) is 3.64. The molecule has 2 N–H and O–H groups in total. The molecular weight excluding hydrogens is 238 g/mol. The first-order valence-corrected chi connectivity index (χ1v) is 6.65. The molecule has 2 aromatic rings. The molecule has 1 saturated heterocycles. The average Bonchev–Trinajstić information content (AvgIpc) is 2.47. The van der Waals surface area contributed by atoms with E-state index in [9.17, 15) is 4.79 Å². The number of pyridine rings is 1. The number of benzene rings is 1. The lowest BCUT2D eigenvalue weighted by molar-refractivity contribution is 0.0709. The second-order valence-corrected chi connectivity index (χ2v) is 5.02. The number of carbonyl (C=O) groups excluding carboxylic acids is 1. The summed E-state index contributed by atoms with van der Waals surface area (Å²) in [5, 5.41) is 1.06. The van der Waals surface area contributed by atoms with Crippen molar-refractivity contribution in [2.45, 2.75) is 18.9 Å². The van der Waals surface area contributed by atoms with Gasteiger partial charge in [0, 0.05) is 24.5 Å². The summed E-state index contributed by atoms with van der Waals surface area (Å²) in [5.74, 6) is 0.0117. The fraction of sp³-hybridized carbons (Fsp3) is 0.333. The van der Waals surface area contributed by atoms with Crippen molar-refractivity contribution in [3.8, 4) is 0 Å². The fourth-order valence-electron chi connectivity index (χ4n) is 2.45. The number of carbonyl (C=O) groups is 1. The van der Waals surface area contributed by atoms with Gasteiger partial charge in [-0.3, -0.25) is 4.79 Å². The molecule has 1 aromatic heterocycles. The zero-order valence-electron chi connectivity index (χ0n) is 10.7. The smallest absolute Gasteiger partial charge is 0.272 e. The first-order chi connectivity index (χ1) is 9.24. The summed E-state index contributed by atoms with van der Waals surface area (Å²) in [6.07, 6.45) is 1.75. The van der Waals surface area contributed by atoms with Gasteiger partial charge in [0.2, 0.25) is 0 Å². The molecular formula is C15H17N3O. The number of nitrogens with two attached hydrogens (primary N) is 1. The molecule has 0 unspecified atom stereocenters. The van der Waals surface area contributed by atoms with E-state index in [0.29, 0.717) is 5.69 Å². The molecule has 4 nitrogen and oxygen atoms in total. The van der Waals surface area contributed by atoms with Crippen LogP contribution in [0.2, 0.25) is 0 Å². The number of likely N-dealkylation sites (tertiary alicyclic amines) is 1. The van der Waals surface area contributed by atoms with Crippen LogP contribution in [0.1, 0.15) is 23.3 Å². The molecule has 0 atom stereocenters. The van der Waals surface area contributed by atoms with Crippen molar-refractivity contribution in [2.24, 2.45) is 5.73 Å². The zero-order valence-corrected chi connectivity index (χ0v) is 10.7. The Kier molecular flexibility index (Phi) is 3.17. The zero-order chi connectivity index (χ0) is 13.2. The number of aromatic nitrogens is 1. The molecule has 0 aliphatic carbocycles. The average molecular weight is 255 g/mol. The Labute approximate surface area is 112 Å². The van der Waals surface area contributed by atoms with E-state index in [1.807, 2.05) is 35.2 Å². The highest BCUT2D eigenvalue weighted by molar-refractivity contribution is 5.94. The fourth-order valence-corrected chi connectivity index (χ4v) is 2.45. The summed E-state index contributed by atoms with van der Waals surface area (Å²) in [4.78, 5) is 18.7. The number of hydrogen-bond donors (Lipinski definition) is 1. The standard InChI is InChI=1S/C15H17N3O/c16-12-7-9-18(10-8-12)15(19)14-6-5-11-3-1-2-4-13(11)17-14/h1-6,12H,7-10,16H2. The van der Waals surface area contributed by atoms with Gasteiger partial charge in [-0.1, -0.05) is 24.3 Å². The van der Waals surface area contributed by atoms with Crippen molar-refractivity contribution >= 4 is 16.8 Å². The van der Waals surface area contributed by atoms with Crippen LogP contribution in [-0.4, -0.2) is 34.9 Å². The quantitative estimate of drug-likeness (QED) is 0.845. The van der Waals surface area contributed by atoms with Crippen LogP contribution in [0.3, 0.4) is 0 Å². The van der Waals surface area contributed by atoms with Crippen LogP contribution in [0.4, 0.5) is 0 Å². The Morgan fingerprint density at radius 3 is 2.68 bits per heavy atom. The minimum atomic E-state index is 0.0117. The molecule has 4 heteroatoms. The molecule has 0 radical (unpaired) electrons. The van der Waals surface area contributed by atoms with E-state index >= 15 is 0 Å². The van der Waals surface area contributed by atoms with Crippen LogP contribution in [0.5, 0.6) is 0 Å². The molecule has 2 heterocycles. The summed E-state index contributed by atoms with van der Waals surface area (Å²) < 4.78 is 0. The van der Waals surface area contributed by atoms with E-state index in [2.05, 4.69) is 4.98 Å². The van der Waals surface area contributed by atoms with Gasteiger partial charge in [0.1, 0.15) is 5.69 Å². The molecule has 1 amide bonds. The minimum Gasteiger partial charge on any atom is -0.337 e. The second-order valence-electron chi connectivity index (χ2n) is 5.02. The molecule has 1 aromatic carbocycles. The molecule has 98 valence electrons. The maximum Gasteiger partial charge on any atom is 0.272 e. The highest BCUT2D eigenvalue weighted by Crippen LogP contribution is 2.15. The number of amides is 1. The van der Waals surface area contributed by atoms with Crippen LogP contribution in [0.15, 0.2) is 36.4 Å². The highest BCUT2D eigenvalue weighted by atomic mass is 16.2. The maximum absolute atomic E-state index is 12.4. The van der Waals surface area contributed by atoms with Gasteiger partial charge in [-0.25, -0.2) is 4.98 Å². The minimum absolute atomic E-state index is 0.0117. The van der Waals surface area contributed by atoms with Gasteiger partial charge in [0.25, 0.3) is 5.91 Å². The Morgan fingerprint density at radius 1 is 1.16 bits per heavy atom. The number of piperidine rings is 1. The van der Waals surface area contributed by atoms with Gasteiger partial charge in [0.15, 0.2) is 0 Å². The number of para-hydroxylation sites is 1. The van der Waals surface area contributed by atoms with Crippen molar-refractivity contribution in [1.82, 2.24) is 9.88 Å². The lowest BCUT2D eigenvalue weighted by Crippen LogP contribution is -2.43. The van der Waals surface area contributed by atoms with Crippen molar-refractivity contribution in [2.75, 3.05) is 13.1 Å². The highest BCUT2D eigenvalue weighted by Gasteiger charge is 2.22. The maximum atomic E-state index is 12.4. The Hall–Kier alpha value is -1.94. The van der Waals surface area contributed by atoms with Crippen molar-refractivity contribution in [3.05, 3.63) is 42.1 Å². The molecule has 19 heavy (non-hydrogen) atoms. The van der Waals surface area contributed by atoms with Crippen molar-refractivity contribution in [1.29, 1.82) is 0 Å². The molecule has 1 aliphatic heterocycles. The van der Waals surface area contributed by atoms with Gasteiger partial charge in [0.05, 0.1) is 5.52 Å². The molecule has 1 fully saturated rings. The predicted molar refractivity (Wildman–Crippen MR) is 74.9 cm³/mol. The van der Waals surface area contributed by atoms with Crippen LogP contribution >= 0.6 is 0 Å². The summed E-state index contributed by atoms with van der Waals surface area (Å²) in [5.41, 5.74) is 7.24. The number of nitrogens with zero attached hydrogens (tertiary/aromatic N) is 2. The van der Waals surface area contributed by atoms with E-state index in [1.54, 1.807) is 6.07 Å².